The molecule has 18 heavy (non-hydrogen) atoms. The topological polar surface area (TPSA) is 54.9 Å². The Hall–Kier alpha value is -1.46. The molecule has 0 fully saturated rings. The summed E-state index contributed by atoms with van der Waals surface area (Å²) in [6.07, 6.45) is 0.897. The SMILES string of the molecule is CCCNC(=O)c1snnc1-c1ccc(Cl)cc1. The van der Waals surface area contributed by atoms with E-state index in [1.165, 1.54) is 0 Å². The third-order valence-electron chi connectivity index (χ3n) is 2.35. The second-order valence-electron chi connectivity index (χ2n) is 3.71. The molecule has 2 aromatic rings. The molecule has 0 aliphatic carbocycles. The zero-order valence-electron chi connectivity index (χ0n) is 9.81. The Balaban J connectivity index is 2.27. The number of nitrogens with zero attached hydrogens (tertiary/aromatic N) is 2. The molecule has 1 aromatic carbocycles. The van der Waals surface area contributed by atoms with Gasteiger partial charge < -0.3 is 5.32 Å². The first kappa shape index (κ1) is 13.0. The van der Waals surface area contributed by atoms with Crippen LogP contribution in [-0.2, 0) is 0 Å². The van der Waals surface area contributed by atoms with Gasteiger partial charge in [-0.1, -0.05) is 35.1 Å². The summed E-state index contributed by atoms with van der Waals surface area (Å²) in [5, 5.41) is 7.48. The number of carbonyl (C=O) groups excluding carboxylic acids is 1. The lowest BCUT2D eigenvalue weighted by molar-refractivity contribution is 0.0958. The minimum atomic E-state index is -0.128. The minimum absolute atomic E-state index is 0.128. The molecule has 0 saturated heterocycles. The highest BCUT2D eigenvalue weighted by atomic mass is 35.5. The van der Waals surface area contributed by atoms with Gasteiger partial charge in [-0.15, -0.1) is 5.10 Å². The molecule has 2 rings (SSSR count). The summed E-state index contributed by atoms with van der Waals surface area (Å²) in [6, 6.07) is 7.19. The summed E-state index contributed by atoms with van der Waals surface area (Å²) in [5.41, 5.74) is 1.44. The molecule has 0 aliphatic rings. The molecule has 0 saturated carbocycles. The van der Waals surface area contributed by atoms with E-state index in [1.807, 2.05) is 19.1 Å². The number of halogens is 1. The maximum absolute atomic E-state index is 11.9. The van der Waals surface area contributed by atoms with Gasteiger partial charge in [0.15, 0.2) is 0 Å². The van der Waals surface area contributed by atoms with Gasteiger partial charge in [0.05, 0.1) is 0 Å². The highest BCUT2D eigenvalue weighted by molar-refractivity contribution is 7.08. The van der Waals surface area contributed by atoms with Crippen molar-refractivity contribution in [3.63, 3.8) is 0 Å². The number of amides is 1. The van der Waals surface area contributed by atoms with Crippen molar-refractivity contribution in [2.75, 3.05) is 6.54 Å². The van der Waals surface area contributed by atoms with Crippen LogP contribution >= 0.6 is 23.1 Å². The van der Waals surface area contributed by atoms with Crippen LogP contribution in [0.1, 0.15) is 23.0 Å². The maximum Gasteiger partial charge on any atom is 0.265 e. The molecule has 1 N–H and O–H groups in total. The number of aromatic nitrogens is 2. The fourth-order valence-electron chi connectivity index (χ4n) is 1.46. The lowest BCUT2D eigenvalue weighted by Crippen LogP contribution is -2.23. The van der Waals surface area contributed by atoms with Crippen molar-refractivity contribution in [2.45, 2.75) is 13.3 Å². The Kier molecular flexibility index (Phi) is 4.28. The highest BCUT2D eigenvalue weighted by Crippen LogP contribution is 2.25. The minimum Gasteiger partial charge on any atom is -0.351 e. The van der Waals surface area contributed by atoms with Gasteiger partial charge in [0.1, 0.15) is 10.6 Å². The fourth-order valence-corrected chi connectivity index (χ4v) is 2.19. The van der Waals surface area contributed by atoms with E-state index in [1.54, 1.807) is 12.1 Å². The monoisotopic (exact) mass is 281 g/mol. The molecule has 0 radical (unpaired) electrons. The van der Waals surface area contributed by atoms with Gasteiger partial charge in [0, 0.05) is 17.1 Å². The average molecular weight is 282 g/mol. The summed E-state index contributed by atoms with van der Waals surface area (Å²) in [5.74, 6) is -0.128. The average Bonchev–Trinajstić information content (AvgIpc) is 2.86. The van der Waals surface area contributed by atoms with Gasteiger partial charge in [-0.25, -0.2) is 0 Å². The number of carbonyl (C=O) groups is 1. The third-order valence-corrected chi connectivity index (χ3v) is 3.32. The van der Waals surface area contributed by atoms with E-state index in [2.05, 4.69) is 14.9 Å². The van der Waals surface area contributed by atoms with Crippen molar-refractivity contribution in [1.29, 1.82) is 0 Å². The van der Waals surface area contributed by atoms with E-state index in [-0.39, 0.29) is 5.91 Å². The third kappa shape index (κ3) is 2.86. The van der Waals surface area contributed by atoms with Crippen LogP contribution in [0.3, 0.4) is 0 Å². The van der Waals surface area contributed by atoms with Crippen molar-refractivity contribution < 1.29 is 4.79 Å². The maximum atomic E-state index is 11.9. The van der Waals surface area contributed by atoms with Crippen LogP contribution in [0.5, 0.6) is 0 Å². The smallest absolute Gasteiger partial charge is 0.265 e. The zero-order valence-corrected chi connectivity index (χ0v) is 11.4. The molecule has 0 bridgehead atoms. The Morgan fingerprint density at radius 2 is 2.11 bits per heavy atom. The fraction of sp³-hybridized carbons (Fsp3) is 0.250. The number of hydrogen-bond acceptors (Lipinski definition) is 4. The van der Waals surface area contributed by atoms with Gasteiger partial charge >= 0.3 is 0 Å². The molecule has 1 heterocycles. The first-order valence-electron chi connectivity index (χ1n) is 5.59. The Bertz CT molecular complexity index is 539. The van der Waals surface area contributed by atoms with Crippen molar-refractivity contribution in [3.05, 3.63) is 34.2 Å². The van der Waals surface area contributed by atoms with E-state index < -0.39 is 0 Å². The lowest BCUT2D eigenvalue weighted by Gasteiger charge is -2.03. The number of rotatable bonds is 4. The van der Waals surface area contributed by atoms with Gasteiger partial charge in [-0.2, -0.15) is 0 Å². The van der Waals surface area contributed by atoms with Crippen LogP contribution in [0.4, 0.5) is 0 Å². The second kappa shape index (κ2) is 5.93. The van der Waals surface area contributed by atoms with Crippen LogP contribution in [0.2, 0.25) is 5.02 Å². The molecule has 1 aromatic heterocycles. The standard InChI is InChI=1S/C12H12ClN3OS/c1-2-7-14-12(17)11-10(15-16-18-11)8-3-5-9(13)6-4-8/h3-6H,2,7H2,1H3,(H,14,17). The van der Waals surface area contributed by atoms with Gasteiger partial charge in [0.2, 0.25) is 0 Å². The molecule has 0 aliphatic heterocycles. The summed E-state index contributed by atoms with van der Waals surface area (Å²) >= 11 is 6.93. The first-order valence-corrected chi connectivity index (χ1v) is 6.74. The Morgan fingerprint density at radius 1 is 1.39 bits per heavy atom. The van der Waals surface area contributed by atoms with E-state index >= 15 is 0 Å². The molecule has 4 nitrogen and oxygen atoms in total. The highest BCUT2D eigenvalue weighted by Gasteiger charge is 2.17. The Morgan fingerprint density at radius 3 is 2.78 bits per heavy atom. The van der Waals surface area contributed by atoms with E-state index in [4.69, 9.17) is 11.6 Å². The number of benzene rings is 1. The van der Waals surface area contributed by atoms with Crippen LogP contribution in [-0.4, -0.2) is 22.0 Å². The molecule has 1 amide bonds. The van der Waals surface area contributed by atoms with Crippen molar-refractivity contribution in [3.8, 4) is 11.3 Å². The molecular weight excluding hydrogens is 270 g/mol. The molecule has 94 valence electrons. The lowest BCUT2D eigenvalue weighted by atomic mass is 10.1. The van der Waals surface area contributed by atoms with Crippen molar-refractivity contribution in [1.82, 2.24) is 14.9 Å². The number of hydrogen-bond donors (Lipinski definition) is 1. The predicted molar refractivity (Wildman–Crippen MR) is 73.0 cm³/mol. The molecule has 6 heteroatoms. The van der Waals surface area contributed by atoms with Crippen LogP contribution in [0, 0.1) is 0 Å². The Labute approximate surface area is 114 Å². The van der Waals surface area contributed by atoms with Crippen LogP contribution in [0.25, 0.3) is 11.3 Å². The van der Waals surface area contributed by atoms with Crippen molar-refractivity contribution >= 4 is 29.0 Å². The normalized spacial score (nSPS) is 10.3. The van der Waals surface area contributed by atoms with Crippen molar-refractivity contribution in [2.24, 2.45) is 0 Å². The first-order chi connectivity index (χ1) is 8.72. The van der Waals surface area contributed by atoms with Gasteiger partial charge in [-0.05, 0) is 30.1 Å². The van der Waals surface area contributed by atoms with Gasteiger partial charge in [0.25, 0.3) is 5.91 Å². The number of nitrogens with one attached hydrogen (secondary N) is 1. The van der Waals surface area contributed by atoms with E-state index in [0.717, 1.165) is 23.5 Å². The summed E-state index contributed by atoms with van der Waals surface area (Å²) in [6.45, 7) is 2.65. The van der Waals surface area contributed by atoms with E-state index in [9.17, 15) is 4.79 Å². The van der Waals surface area contributed by atoms with Crippen LogP contribution < -0.4 is 5.32 Å². The molecular formula is C12H12ClN3OS. The molecule has 0 atom stereocenters. The summed E-state index contributed by atoms with van der Waals surface area (Å²) < 4.78 is 3.85. The quantitative estimate of drug-likeness (QED) is 0.937. The van der Waals surface area contributed by atoms with Gasteiger partial charge in [-0.3, -0.25) is 4.79 Å². The predicted octanol–water partition coefficient (Wildman–Crippen LogP) is 3.00. The largest absolute Gasteiger partial charge is 0.351 e. The summed E-state index contributed by atoms with van der Waals surface area (Å²) in [7, 11) is 0. The second-order valence-corrected chi connectivity index (χ2v) is 4.90. The zero-order chi connectivity index (χ0) is 13.0. The van der Waals surface area contributed by atoms with E-state index in [0.29, 0.717) is 22.1 Å². The van der Waals surface area contributed by atoms with Crippen LogP contribution in [0.15, 0.2) is 24.3 Å². The summed E-state index contributed by atoms with van der Waals surface area (Å²) in [4.78, 5) is 12.5. The molecule has 0 spiro atoms. The molecule has 0 unspecified atom stereocenters.